The summed E-state index contributed by atoms with van der Waals surface area (Å²) in [6.07, 6.45) is 0.842. The molecule has 0 heterocycles. The number of aryl methyl sites for hydroxylation is 1. The lowest BCUT2D eigenvalue weighted by atomic mass is 10.1. The zero-order valence-electron chi connectivity index (χ0n) is 11.2. The van der Waals surface area contributed by atoms with Crippen molar-refractivity contribution in [3.63, 3.8) is 0 Å². The van der Waals surface area contributed by atoms with E-state index in [-0.39, 0.29) is 5.56 Å². The highest BCUT2D eigenvalue weighted by Gasteiger charge is 2.10. The van der Waals surface area contributed by atoms with Gasteiger partial charge in [0.2, 0.25) is 0 Å². The minimum atomic E-state index is -0.981. The Hall–Kier alpha value is -2.00. The van der Waals surface area contributed by atoms with Crippen molar-refractivity contribution in [2.75, 3.05) is 11.9 Å². The lowest BCUT2D eigenvalue weighted by molar-refractivity contribution is 0.0698. The molecule has 3 nitrogen and oxygen atoms in total. The first kappa shape index (κ1) is 14.4. The minimum absolute atomic E-state index is 0.197. The standard InChI is InChI=1S/C16H16ClNO2/c1-11-4-2-3-5-12(11)8-9-18-15-7-6-13(17)10-14(15)16(19)20/h2-7,10,18H,8-9H2,1H3,(H,19,20). The average Bonchev–Trinajstić information content (AvgIpc) is 2.42. The number of halogens is 1. The number of anilines is 1. The van der Waals surface area contributed by atoms with Gasteiger partial charge in [-0.2, -0.15) is 0 Å². The molecule has 104 valence electrons. The Morgan fingerprint density at radius 2 is 2.00 bits per heavy atom. The molecule has 2 aromatic rings. The second-order valence-electron chi connectivity index (χ2n) is 4.60. The Balaban J connectivity index is 2.05. The molecule has 0 unspecified atom stereocenters. The van der Waals surface area contributed by atoms with Crippen LogP contribution < -0.4 is 5.32 Å². The number of hydrogen-bond acceptors (Lipinski definition) is 2. The van der Waals surface area contributed by atoms with Crippen LogP contribution in [-0.2, 0) is 6.42 Å². The molecule has 0 saturated heterocycles. The van der Waals surface area contributed by atoms with Crippen LogP contribution in [0.1, 0.15) is 21.5 Å². The number of carbonyl (C=O) groups is 1. The SMILES string of the molecule is Cc1ccccc1CCNc1ccc(Cl)cc1C(=O)O. The quantitative estimate of drug-likeness (QED) is 0.874. The van der Waals surface area contributed by atoms with Gasteiger partial charge in [-0.1, -0.05) is 35.9 Å². The first-order valence-electron chi connectivity index (χ1n) is 6.39. The Kier molecular flexibility index (Phi) is 4.64. The van der Waals surface area contributed by atoms with E-state index in [1.807, 2.05) is 12.1 Å². The van der Waals surface area contributed by atoms with Crippen LogP contribution >= 0.6 is 11.6 Å². The zero-order chi connectivity index (χ0) is 14.5. The summed E-state index contributed by atoms with van der Waals surface area (Å²) in [5.74, 6) is -0.981. The number of carboxylic acid groups (broad SMARTS) is 1. The maximum Gasteiger partial charge on any atom is 0.337 e. The van der Waals surface area contributed by atoms with E-state index in [4.69, 9.17) is 16.7 Å². The number of hydrogen-bond donors (Lipinski definition) is 2. The fourth-order valence-electron chi connectivity index (χ4n) is 2.07. The van der Waals surface area contributed by atoms with E-state index in [1.165, 1.54) is 17.2 Å². The van der Waals surface area contributed by atoms with Crippen molar-refractivity contribution < 1.29 is 9.90 Å². The summed E-state index contributed by atoms with van der Waals surface area (Å²) in [6, 6.07) is 13.0. The lowest BCUT2D eigenvalue weighted by Crippen LogP contribution is -2.10. The van der Waals surface area contributed by atoms with Gasteiger partial charge >= 0.3 is 5.97 Å². The van der Waals surface area contributed by atoms with Gasteiger partial charge in [0.05, 0.1) is 5.56 Å². The topological polar surface area (TPSA) is 49.3 Å². The number of carboxylic acids is 1. The van der Waals surface area contributed by atoms with Crippen molar-refractivity contribution in [3.8, 4) is 0 Å². The summed E-state index contributed by atoms with van der Waals surface area (Å²) in [6.45, 7) is 2.74. The fraction of sp³-hybridized carbons (Fsp3) is 0.188. The van der Waals surface area contributed by atoms with Gasteiger partial charge in [0.15, 0.2) is 0 Å². The predicted molar refractivity (Wildman–Crippen MR) is 81.8 cm³/mol. The zero-order valence-corrected chi connectivity index (χ0v) is 11.9. The van der Waals surface area contributed by atoms with Crippen molar-refractivity contribution in [2.45, 2.75) is 13.3 Å². The maximum atomic E-state index is 11.2. The summed E-state index contributed by atoms with van der Waals surface area (Å²) < 4.78 is 0. The van der Waals surface area contributed by atoms with E-state index in [0.717, 1.165) is 6.42 Å². The van der Waals surface area contributed by atoms with Crippen LogP contribution in [0.5, 0.6) is 0 Å². The maximum absolute atomic E-state index is 11.2. The van der Waals surface area contributed by atoms with E-state index in [9.17, 15) is 4.79 Å². The highest BCUT2D eigenvalue weighted by atomic mass is 35.5. The van der Waals surface area contributed by atoms with Crippen LogP contribution in [0.2, 0.25) is 5.02 Å². The molecule has 0 bridgehead atoms. The van der Waals surface area contributed by atoms with Gasteiger partial charge in [0, 0.05) is 17.3 Å². The average molecular weight is 290 g/mol. The molecule has 2 aromatic carbocycles. The summed E-state index contributed by atoms with van der Waals surface area (Å²) >= 11 is 5.82. The van der Waals surface area contributed by atoms with Gasteiger partial charge in [0.25, 0.3) is 0 Å². The first-order valence-corrected chi connectivity index (χ1v) is 6.77. The highest BCUT2D eigenvalue weighted by molar-refractivity contribution is 6.31. The molecule has 4 heteroatoms. The molecule has 0 aliphatic heterocycles. The Morgan fingerprint density at radius 1 is 1.25 bits per heavy atom. The van der Waals surface area contributed by atoms with E-state index in [0.29, 0.717) is 17.3 Å². The van der Waals surface area contributed by atoms with Crippen molar-refractivity contribution >= 4 is 23.3 Å². The van der Waals surface area contributed by atoms with Gasteiger partial charge in [-0.15, -0.1) is 0 Å². The second-order valence-corrected chi connectivity index (χ2v) is 5.03. The molecule has 0 aliphatic rings. The van der Waals surface area contributed by atoms with Crippen molar-refractivity contribution in [1.29, 1.82) is 0 Å². The molecule has 0 radical (unpaired) electrons. The van der Waals surface area contributed by atoms with Crippen LogP contribution in [-0.4, -0.2) is 17.6 Å². The number of nitrogens with one attached hydrogen (secondary N) is 1. The van der Waals surface area contributed by atoms with E-state index in [2.05, 4.69) is 24.4 Å². The highest BCUT2D eigenvalue weighted by Crippen LogP contribution is 2.21. The molecule has 2 rings (SSSR count). The van der Waals surface area contributed by atoms with E-state index in [1.54, 1.807) is 12.1 Å². The smallest absolute Gasteiger partial charge is 0.337 e. The van der Waals surface area contributed by atoms with Crippen LogP contribution in [0.4, 0.5) is 5.69 Å². The predicted octanol–water partition coefficient (Wildman–Crippen LogP) is 4.00. The third-order valence-electron chi connectivity index (χ3n) is 3.18. The van der Waals surface area contributed by atoms with Crippen molar-refractivity contribution in [2.24, 2.45) is 0 Å². The fourth-order valence-corrected chi connectivity index (χ4v) is 2.24. The molecule has 0 aliphatic carbocycles. The molecular formula is C16H16ClNO2. The number of aromatic carboxylic acids is 1. The molecule has 0 amide bonds. The van der Waals surface area contributed by atoms with Gasteiger partial charge in [-0.05, 0) is 42.7 Å². The van der Waals surface area contributed by atoms with Crippen molar-refractivity contribution in [3.05, 3.63) is 64.2 Å². The van der Waals surface area contributed by atoms with E-state index >= 15 is 0 Å². The second kappa shape index (κ2) is 6.44. The largest absolute Gasteiger partial charge is 0.478 e. The molecule has 0 fully saturated rings. The number of rotatable bonds is 5. The van der Waals surface area contributed by atoms with Crippen LogP contribution in [0.25, 0.3) is 0 Å². The molecular weight excluding hydrogens is 274 g/mol. The molecule has 0 aromatic heterocycles. The molecule has 2 N–H and O–H groups in total. The Bertz CT molecular complexity index is 626. The lowest BCUT2D eigenvalue weighted by Gasteiger charge is -2.11. The number of benzene rings is 2. The Labute approximate surface area is 123 Å². The molecule has 0 saturated carbocycles. The monoisotopic (exact) mass is 289 g/mol. The summed E-state index contributed by atoms with van der Waals surface area (Å²) in [5.41, 5.74) is 3.28. The Morgan fingerprint density at radius 3 is 2.70 bits per heavy atom. The van der Waals surface area contributed by atoms with Crippen LogP contribution in [0, 0.1) is 6.92 Å². The molecule has 0 atom stereocenters. The minimum Gasteiger partial charge on any atom is -0.478 e. The van der Waals surface area contributed by atoms with Gasteiger partial charge in [-0.25, -0.2) is 4.79 Å². The van der Waals surface area contributed by atoms with Gasteiger partial charge in [0.1, 0.15) is 0 Å². The van der Waals surface area contributed by atoms with Crippen LogP contribution in [0.15, 0.2) is 42.5 Å². The summed E-state index contributed by atoms with van der Waals surface area (Å²) in [5, 5.41) is 12.7. The van der Waals surface area contributed by atoms with E-state index < -0.39 is 5.97 Å². The van der Waals surface area contributed by atoms with Gasteiger partial charge in [-0.3, -0.25) is 0 Å². The van der Waals surface area contributed by atoms with Gasteiger partial charge < -0.3 is 10.4 Å². The molecule has 0 spiro atoms. The van der Waals surface area contributed by atoms with Crippen LogP contribution in [0.3, 0.4) is 0 Å². The molecule has 20 heavy (non-hydrogen) atoms. The first-order chi connectivity index (χ1) is 9.58. The third kappa shape index (κ3) is 3.52. The third-order valence-corrected chi connectivity index (χ3v) is 3.42. The summed E-state index contributed by atoms with van der Waals surface area (Å²) in [4.78, 5) is 11.2. The normalized spacial score (nSPS) is 10.3. The van der Waals surface area contributed by atoms with Crippen molar-refractivity contribution in [1.82, 2.24) is 0 Å². The summed E-state index contributed by atoms with van der Waals surface area (Å²) in [7, 11) is 0.